The number of phenolic OH excluding ortho intramolecular Hbond substituents is 1. The van der Waals surface area contributed by atoms with Crippen LogP contribution in [-0.4, -0.2) is 99.0 Å². The van der Waals surface area contributed by atoms with Gasteiger partial charge < -0.3 is 31.5 Å². The Morgan fingerprint density at radius 1 is 1.23 bits per heavy atom. The van der Waals surface area contributed by atoms with E-state index in [0.29, 0.717) is 0 Å². The average molecular weight is 545 g/mol. The molecule has 0 aromatic heterocycles. The number of likely N-dealkylation sites (tertiary alicyclic amines) is 1. The number of primary amides is 1. The summed E-state index contributed by atoms with van der Waals surface area (Å²) in [5.41, 5.74) is 0.346. The maximum Gasteiger partial charge on any atom is 0.255 e. The standard InChI is InChI=1S/C26H29FN4O8/c1-30(2)19-12-7-10-6-11-13(27)8-14(29-15(32)9-31-4-3-5-31)20(33)17(11)21(34)16(10)23(36)26(12,39)24(37)18(22(19)35)25(28)38/h8,10,12,19,33-34,37,39H,3-7,9H2,1-2H3,(H2,28,38)(H,29,32)/t10-,12-,19-,26-/m0/s1. The smallest absolute Gasteiger partial charge is 0.255 e. The van der Waals surface area contributed by atoms with Gasteiger partial charge in [0.2, 0.25) is 11.7 Å². The van der Waals surface area contributed by atoms with E-state index in [-0.39, 0.29) is 30.6 Å². The number of amides is 2. The summed E-state index contributed by atoms with van der Waals surface area (Å²) >= 11 is 0. The van der Waals surface area contributed by atoms with Crippen LogP contribution in [0.4, 0.5) is 10.1 Å². The number of nitrogens with two attached hydrogens (primary N) is 1. The van der Waals surface area contributed by atoms with Crippen LogP contribution in [0.3, 0.4) is 0 Å². The Bertz CT molecular complexity index is 1400. The van der Waals surface area contributed by atoms with Crippen molar-refractivity contribution in [3.8, 4) is 5.75 Å². The molecule has 1 aliphatic heterocycles. The van der Waals surface area contributed by atoms with Crippen LogP contribution in [0.1, 0.15) is 24.0 Å². The Labute approximate surface area is 222 Å². The molecular formula is C26H29FN4O8. The minimum atomic E-state index is -2.79. The first-order valence-corrected chi connectivity index (χ1v) is 12.5. The summed E-state index contributed by atoms with van der Waals surface area (Å²) in [6, 6.07) is -0.299. The highest BCUT2D eigenvalue weighted by molar-refractivity contribution is 6.24. The number of benzene rings is 1. The first kappa shape index (κ1) is 26.8. The fourth-order valence-corrected chi connectivity index (χ4v) is 6.29. The average Bonchev–Trinajstić information content (AvgIpc) is 2.81. The van der Waals surface area contributed by atoms with Crippen molar-refractivity contribution >= 4 is 34.8 Å². The normalized spacial score (nSPS) is 28.6. The monoisotopic (exact) mass is 544 g/mol. The summed E-state index contributed by atoms with van der Waals surface area (Å²) in [5.74, 6) is -9.62. The number of carbonyl (C=O) groups excluding carboxylic acids is 4. The minimum absolute atomic E-state index is 0.0275. The van der Waals surface area contributed by atoms with E-state index in [1.165, 1.54) is 19.0 Å². The molecule has 1 heterocycles. The van der Waals surface area contributed by atoms with Crippen molar-refractivity contribution in [2.75, 3.05) is 39.0 Å². The molecule has 1 aromatic carbocycles. The second-order valence-electron chi connectivity index (χ2n) is 10.7. The van der Waals surface area contributed by atoms with Gasteiger partial charge in [-0.25, -0.2) is 4.39 Å². The number of aliphatic hydroxyl groups excluding tert-OH is 2. The number of hydrogen-bond donors (Lipinski definition) is 6. The molecule has 1 saturated carbocycles. The van der Waals surface area contributed by atoms with Gasteiger partial charge in [-0.05, 0) is 52.4 Å². The molecule has 39 heavy (non-hydrogen) atoms. The summed E-state index contributed by atoms with van der Waals surface area (Å²) < 4.78 is 15.3. The quantitative estimate of drug-likeness (QED) is 0.213. The van der Waals surface area contributed by atoms with Crippen LogP contribution >= 0.6 is 0 Å². The summed E-state index contributed by atoms with van der Waals surface area (Å²) in [5, 5.41) is 47.0. The molecule has 5 rings (SSSR count). The summed E-state index contributed by atoms with van der Waals surface area (Å²) in [6.45, 7) is 1.49. The zero-order valence-electron chi connectivity index (χ0n) is 21.3. The number of halogens is 1. The van der Waals surface area contributed by atoms with Crippen LogP contribution < -0.4 is 11.1 Å². The van der Waals surface area contributed by atoms with Gasteiger partial charge in [-0.3, -0.25) is 29.0 Å². The topological polar surface area (TPSA) is 194 Å². The van der Waals surface area contributed by atoms with Crippen molar-refractivity contribution in [2.45, 2.75) is 30.9 Å². The number of phenols is 1. The lowest BCUT2D eigenvalue weighted by Crippen LogP contribution is -2.65. The molecular weight excluding hydrogens is 515 g/mol. The summed E-state index contributed by atoms with van der Waals surface area (Å²) in [6.07, 6.45) is 0.612. The van der Waals surface area contributed by atoms with Gasteiger partial charge >= 0.3 is 0 Å². The van der Waals surface area contributed by atoms with Crippen molar-refractivity contribution in [2.24, 2.45) is 17.6 Å². The molecule has 13 heteroatoms. The van der Waals surface area contributed by atoms with Gasteiger partial charge in [-0.2, -0.15) is 0 Å². The predicted octanol–water partition coefficient (Wildman–Crippen LogP) is -0.253. The minimum Gasteiger partial charge on any atom is -0.508 e. The van der Waals surface area contributed by atoms with Gasteiger partial charge in [0, 0.05) is 23.1 Å². The van der Waals surface area contributed by atoms with E-state index < -0.39 is 86.7 Å². The lowest BCUT2D eigenvalue weighted by molar-refractivity contribution is -0.153. The maximum atomic E-state index is 15.3. The predicted molar refractivity (Wildman–Crippen MR) is 134 cm³/mol. The molecule has 1 saturated heterocycles. The second-order valence-corrected chi connectivity index (χ2v) is 10.7. The van der Waals surface area contributed by atoms with Gasteiger partial charge in [0.1, 0.15) is 22.9 Å². The zero-order valence-corrected chi connectivity index (χ0v) is 21.3. The number of rotatable bonds is 5. The molecule has 2 fully saturated rings. The number of likely N-dealkylation sites (N-methyl/N-ethyl adjacent to an activating group) is 1. The van der Waals surface area contributed by atoms with Crippen LogP contribution in [0.5, 0.6) is 5.75 Å². The van der Waals surface area contributed by atoms with Crippen molar-refractivity contribution in [1.29, 1.82) is 0 Å². The first-order valence-electron chi connectivity index (χ1n) is 12.5. The third-order valence-electron chi connectivity index (χ3n) is 8.26. The van der Waals surface area contributed by atoms with Crippen molar-refractivity contribution in [3.05, 3.63) is 39.9 Å². The van der Waals surface area contributed by atoms with Gasteiger partial charge in [0.25, 0.3) is 5.91 Å². The third-order valence-corrected chi connectivity index (χ3v) is 8.26. The number of aromatic hydroxyl groups is 1. The number of aliphatic hydroxyl groups is 3. The number of hydrogen-bond acceptors (Lipinski definition) is 10. The van der Waals surface area contributed by atoms with E-state index in [1.807, 2.05) is 4.90 Å². The fraction of sp³-hybridized carbons (Fsp3) is 0.462. The third kappa shape index (κ3) is 3.83. The summed E-state index contributed by atoms with van der Waals surface area (Å²) in [7, 11) is 2.98. The van der Waals surface area contributed by atoms with Crippen LogP contribution in [0.25, 0.3) is 5.76 Å². The van der Waals surface area contributed by atoms with E-state index in [4.69, 9.17) is 5.73 Å². The second kappa shape index (κ2) is 9.14. The van der Waals surface area contributed by atoms with Crippen molar-refractivity contribution < 1.29 is 44.0 Å². The van der Waals surface area contributed by atoms with E-state index in [1.54, 1.807) is 0 Å². The zero-order chi connectivity index (χ0) is 28.5. The molecule has 0 unspecified atom stereocenters. The number of nitrogens with one attached hydrogen (secondary N) is 1. The maximum absolute atomic E-state index is 15.3. The molecule has 4 atom stereocenters. The number of anilines is 1. The first-order chi connectivity index (χ1) is 18.3. The molecule has 3 aliphatic carbocycles. The largest absolute Gasteiger partial charge is 0.508 e. The summed E-state index contributed by atoms with van der Waals surface area (Å²) in [4.78, 5) is 54.6. The van der Waals surface area contributed by atoms with Gasteiger partial charge in [-0.15, -0.1) is 0 Å². The molecule has 7 N–H and O–H groups in total. The molecule has 1 aromatic rings. The Morgan fingerprint density at radius 2 is 1.90 bits per heavy atom. The lowest BCUT2D eigenvalue weighted by atomic mass is 9.57. The Balaban J connectivity index is 1.62. The van der Waals surface area contributed by atoms with Crippen molar-refractivity contribution in [3.63, 3.8) is 0 Å². The van der Waals surface area contributed by atoms with Crippen LogP contribution in [0.15, 0.2) is 23.0 Å². The number of ketones is 2. The van der Waals surface area contributed by atoms with E-state index in [2.05, 4.69) is 5.32 Å². The van der Waals surface area contributed by atoms with E-state index in [0.717, 1.165) is 25.6 Å². The van der Waals surface area contributed by atoms with Gasteiger partial charge in [0.05, 0.1) is 23.8 Å². The van der Waals surface area contributed by atoms with E-state index in [9.17, 15) is 39.6 Å². The van der Waals surface area contributed by atoms with Gasteiger partial charge in [0.15, 0.2) is 17.1 Å². The molecule has 2 amide bonds. The van der Waals surface area contributed by atoms with Crippen LogP contribution in [0, 0.1) is 17.7 Å². The number of Topliss-reactive ketones (excluding diaryl/α,β-unsaturated/α-hetero) is 2. The number of nitrogens with zero attached hydrogens (tertiary/aromatic N) is 2. The molecule has 12 nitrogen and oxygen atoms in total. The number of fused-ring (bicyclic) bond motifs is 3. The highest BCUT2D eigenvalue weighted by Crippen LogP contribution is 2.53. The van der Waals surface area contributed by atoms with Gasteiger partial charge in [-0.1, -0.05) is 0 Å². The lowest BCUT2D eigenvalue weighted by Gasteiger charge is -2.50. The molecule has 0 bridgehead atoms. The van der Waals surface area contributed by atoms with Crippen LogP contribution in [-0.2, 0) is 25.6 Å². The Hall–Kier alpha value is -3.81. The molecule has 208 valence electrons. The molecule has 4 aliphatic rings. The highest BCUT2D eigenvalue weighted by Gasteiger charge is 2.64. The fourth-order valence-electron chi connectivity index (χ4n) is 6.29. The Morgan fingerprint density at radius 3 is 2.46 bits per heavy atom. The van der Waals surface area contributed by atoms with E-state index >= 15 is 4.39 Å². The SMILES string of the molecule is CN(C)[C@@H]1C(=O)C(C(N)=O)=C(O)[C@@]2(O)C(=O)C3=C(O)c4c(O)c(NC(=O)CN5CCC5)cc(F)c4C[C@H]3C[C@@H]12. The van der Waals surface area contributed by atoms with Crippen molar-refractivity contribution in [1.82, 2.24) is 9.80 Å². The van der Waals surface area contributed by atoms with Crippen LogP contribution in [0.2, 0.25) is 0 Å². The highest BCUT2D eigenvalue weighted by atomic mass is 19.1. The molecule has 0 spiro atoms. The molecule has 0 radical (unpaired) electrons. The Kier molecular flexibility index (Phi) is 6.28. The number of carbonyl (C=O) groups is 4.